The Labute approximate surface area is 246 Å². The first-order chi connectivity index (χ1) is 20.4. The van der Waals surface area contributed by atoms with E-state index in [1.54, 1.807) is 31.2 Å². The lowest BCUT2D eigenvalue weighted by Gasteiger charge is -2.33. The summed E-state index contributed by atoms with van der Waals surface area (Å²) in [4.78, 5) is 45.9. The van der Waals surface area contributed by atoms with Crippen molar-refractivity contribution in [1.29, 1.82) is 0 Å². The van der Waals surface area contributed by atoms with E-state index in [0.29, 0.717) is 46.7 Å². The molecule has 0 atom stereocenters. The van der Waals surface area contributed by atoms with E-state index in [1.807, 2.05) is 11.9 Å². The number of aliphatic carboxylic acids is 1. The van der Waals surface area contributed by atoms with E-state index in [2.05, 4.69) is 15.2 Å². The molecule has 11 heteroatoms. The van der Waals surface area contributed by atoms with Crippen LogP contribution in [-0.2, 0) is 30.4 Å². The summed E-state index contributed by atoms with van der Waals surface area (Å²) in [6.45, 7) is 4.79. The molecule has 1 amide bonds. The van der Waals surface area contributed by atoms with E-state index in [4.69, 9.17) is 0 Å². The van der Waals surface area contributed by atoms with Gasteiger partial charge >= 0.3 is 12.1 Å². The van der Waals surface area contributed by atoms with Gasteiger partial charge in [0.2, 0.25) is 0 Å². The number of anilines is 1. The van der Waals surface area contributed by atoms with Crippen LogP contribution in [0, 0.1) is 6.92 Å². The Kier molecular flexibility index (Phi) is 8.48. The monoisotopic (exact) mass is 592 g/mol. The van der Waals surface area contributed by atoms with Crippen LogP contribution in [0.2, 0.25) is 0 Å². The lowest BCUT2D eigenvalue weighted by molar-refractivity contribution is -0.138. The van der Waals surface area contributed by atoms with Crippen LogP contribution >= 0.6 is 0 Å². The number of amides is 1. The van der Waals surface area contributed by atoms with E-state index < -0.39 is 29.4 Å². The lowest BCUT2D eigenvalue weighted by Crippen LogP contribution is -2.44. The summed E-state index contributed by atoms with van der Waals surface area (Å²) in [5, 5.41) is 12.0. The van der Waals surface area contributed by atoms with Crippen LogP contribution in [0.5, 0.6) is 0 Å². The number of piperazine rings is 1. The standard InChI is InChI=1S/C32H31F3N4O4/c1-19-3-4-20(11-26(19)30(41)37-25-14-23-13-24(31(42)43)16-28(23)36-17-25)12-29(40)21-5-6-22(27(15-21)32(33,34)35)18-39-9-7-38(2)8-10-39/h3-6,11,13-15,17H,7-10,12,16,18H2,1-2H3,(H,37,41)(H,42,43). The number of alkyl halides is 3. The van der Waals surface area contributed by atoms with Gasteiger partial charge in [0.25, 0.3) is 5.91 Å². The molecule has 5 rings (SSSR count). The summed E-state index contributed by atoms with van der Waals surface area (Å²) in [6, 6.07) is 10.3. The first-order valence-electron chi connectivity index (χ1n) is 13.9. The predicted octanol–water partition coefficient (Wildman–Crippen LogP) is 4.86. The van der Waals surface area contributed by atoms with Crippen LogP contribution in [-0.4, -0.2) is 70.8 Å². The Balaban J connectivity index is 1.30. The van der Waals surface area contributed by atoms with Crippen molar-refractivity contribution in [3.05, 3.63) is 98.9 Å². The summed E-state index contributed by atoms with van der Waals surface area (Å²) in [5.74, 6) is -1.97. The highest BCUT2D eigenvalue weighted by molar-refractivity contribution is 6.06. The van der Waals surface area contributed by atoms with Gasteiger partial charge in [0.05, 0.1) is 23.1 Å². The number of hydrogen-bond acceptors (Lipinski definition) is 6. The molecule has 0 unspecified atom stereocenters. The third-order valence-corrected chi connectivity index (χ3v) is 7.86. The van der Waals surface area contributed by atoms with Gasteiger partial charge in [-0.05, 0) is 60.5 Å². The first-order valence-corrected chi connectivity index (χ1v) is 13.9. The van der Waals surface area contributed by atoms with Crippen molar-refractivity contribution in [1.82, 2.24) is 14.8 Å². The maximum Gasteiger partial charge on any atom is 0.416 e. The topological polar surface area (TPSA) is 103 Å². The third-order valence-electron chi connectivity index (χ3n) is 7.86. The number of rotatable bonds is 8. The molecule has 0 radical (unpaired) electrons. The van der Waals surface area contributed by atoms with Crippen molar-refractivity contribution in [2.45, 2.75) is 32.5 Å². The van der Waals surface area contributed by atoms with E-state index in [0.717, 1.165) is 19.2 Å². The van der Waals surface area contributed by atoms with E-state index >= 15 is 0 Å². The Morgan fingerprint density at radius 1 is 1.02 bits per heavy atom. The average molecular weight is 593 g/mol. The van der Waals surface area contributed by atoms with Gasteiger partial charge in [-0.2, -0.15) is 13.2 Å². The Morgan fingerprint density at radius 3 is 2.47 bits per heavy atom. The minimum Gasteiger partial charge on any atom is -0.478 e. The largest absolute Gasteiger partial charge is 0.478 e. The van der Waals surface area contributed by atoms with Gasteiger partial charge in [0.1, 0.15) is 0 Å². The van der Waals surface area contributed by atoms with Gasteiger partial charge < -0.3 is 15.3 Å². The zero-order valence-corrected chi connectivity index (χ0v) is 23.8. The van der Waals surface area contributed by atoms with Crippen molar-refractivity contribution < 1.29 is 32.7 Å². The molecule has 43 heavy (non-hydrogen) atoms. The van der Waals surface area contributed by atoms with Crippen LogP contribution < -0.4 is 5.32 Å². The van der Waals surface area contributed by atoms with Crippen molar-refractivity contribution in [3.63, 3.8) is 0 Å². The molecule has 224 valence electrons. The van der Waals surface area contributed by atoms with Gasteiger partial charge in [-0.1, -0.05) is 24.3 Å². The summed E-state index contributed by atoms with van der Waals surface area (Å²) in [6.07, 6.45) is -1.62. The average Bonchev–Trinajstić information content (AvgIpc) is 3.39. The Morgan fingerprint density at radius 2 is 1.77 bits per heavy atom. The number of nitrogens with zero attached hydrogens (tertiary/aromatic N) is 3. The fraction of sp³-hybridized carbons (Fsp3) is 0.312. The SMILES string of the molecule is Cc1ccc(CC(=O)c2ccc(CN3CCN(C)CC3)c(C(F)(F)F)c2)cc1C(=O)Nc1cnc2c(c1)C=C(C(=O)O)C2. The number of halogens is 3. The fourth-order valence-electron chi connectivity index (χ4n) is 5.32. The van der Waals surface area contributed by atoms with Crippen LogP contribution in [0.25, 0.3) is 6.08 Å². The van der Waals surface area contributed by atoms with Crippen molar-refractivity contribution in [2.24, 2.45) is 0 Å². The molecule has 1 saturated heterocycles. The zero-order valence-electron chi connectivity index (χ0n) is 23.8. The summed E-state index contributed by atoms with van der Waals surface area (Å²) >= 11 is 0. The van der Waals surface area contributed by atoms with Crippen molar-refractivity contribution >= 4 is 29.4 Å². The number of fused-ring (bicyclic) bond motifs is 1. The summed E-state index contributed by atoms with van der Waals surface area (Å²) < 4.78 is 42.0. The number of nitrogens with one attached hydrogen (secondary N) is 1. The molecular formula is C32H31F3N4O4. The number of likely N-dealkylation sites (N-methyl/N-ethyl adjacent to an activating group) is 1. The number of aromatic nitrogens is 1. The minimum atomic E-state index is -4.61. The minimum absolute atomic E-state index is 0.0426. The smallest absolute Gasteiger partial charge is 0.416 e. The molecule has 1 aliphatic carbocycles. The predicted molar refractivity (Wildman–Crippen MR) is 155 cm³/mol. The molecule has 1 fully saturated rings. The molecule has 1 aromatic heterocycles. The van der Waals surface area contributed by atoms with E-state index in [9.17, 15) is 32.7 Å². The number of carbonyl (C=O) groups excluding carboxylic acids is 2. The van der Waals surface area contributed by atoms with Crippen LogP contribution in [0.15, 0.2) is 54.2 Å². The second kappa shape index (κ2) is 12.1. The van der Waals surface area contributed by atoms with Gasteiger partial charge in [-0.15, -0.1) is 0 Å². The number of ketones is 1. The zero-order chi connectivity index (χ0) is 30.9. The maximum absolute atomic E-state index is 14.0. The molecule has 2 heterocycles. The number of carbonyl (C=O) groups is 3. The third kappa shape index (κ3) is 7.00. The highest BCUT2D eigenvalue weighted by Gasteiger charge is 2.34. The molecule has 8 nitrogen and oxygen atoms in total. The number of aryl methyl sites for hydroxylation is 1. The van der Waals surface area contributed by atoms with Gasteiger partial charge in [-0.3, -0.25) is 19.5 Å². The van der Waals surface area contributed by atoms with Crippen LogP contribution in [0.3, 0.4) is 0 Å². The second-order valence-electron chi connectivity index (χ2n) is 11.1. The number of carboxylic acids is 1. The molecule has 1 aliphatic heterocycles. The highest BCUT2D eigenvalue weighted by Crippen LogP contribution is 2.34. The molecule has 2 aromatic carbocycles. The summed E-state index contributed by atoms with van der Waals surface area (Å²) in [5.41, 5.74) is 2.51. The summed E-state index contributed by atoms with van der Waals surface area (Å²) in [7, 11) is 1.98. The number of Topliss-reactive ketones (excluding diaryl/α,β-unsaturated/α-hetero) is 1. The number of pyridine rings is 1. The van der Waals surface area contributed by atoms with Gasteiger partial charge in [0, 0.05) is 62.3 Å². The molecule has 2 aliphatic rings. The van der Waals surface area contributed by atoms with Crippen LogP contribution in [0.4, 0.5) is 18.9 Å². The second-order valence-corrected chi connectivity index (χ2v) is 11.1. The van der Waals surface area contributed by atoms with Gasteiger partial charge in [0.15, 0.2) is 5.78 Å². The fourth-order valence-corrected chi connectivity index (χ4v) is 5.32. The van der Waals surface area contributed by atoms with Crippen molar-refractivity contribution in [2.75, 3.05) is 38.5 Å². The maximum atomic E-state index is 14.0. The van der Waals surface area contributed by atoms with Crippen molar-refractivity contribution in [3.8, 4) is 0 Å². The molecule has 2 N–H and O–H groups in total. The molecule has 0 bridgehead atoms. The van der Waals surface area contributed by atoms with Crippen LogP contribution in [0.1, 0.15) is 54.2 Å². The lowest BCUT2D eigenvalue weighted by atomic mass is 9.95. The van der Waals surface area contributed by atoms with E-state index in [-0.39, 0.29) is 36.1 Å². The Bertz CT molecular complexity index is 1630. The number of benzene rings is 2. The molecule has 0 spiro atoms. The first kappa shape index (κ1) is 30.1. The number of carboxylic acid groups (broad SMARTS) is 1. The number of hydrogen-bond donors (Lipinski definition) is 2. The normalized spacial score (nSPS) is 15.6. The molecular weight excluding hydrogens is 561 g/mol. The Hall–Kier alpha value is -4.35. The highest BCUT2D eigenvalue weighted by atomic mass is 19.4. The molecule has 0 saturated carbocycles. The molecule has 3 aromatic rings. The van der Waals surface area contributed by atoms with Gasteiger partial charge in [-0.25, -0.2) is 4.79 Å². The van der Waals surface area contributed by atoms with E-state index in [1.165, 1.54) is 24.4 Å². The quantitative estimate of drug-likeness (QED) is 0.361.